The average Bonchev–Trinajstić information content (AvgIpc) is 3.45. The molecule has 2 aromatic carbocycles. The molecule has 3 aromatic rings. The topological polar surface area (TPSA) is 73.3 Å². The van der Waals surface area contributed by atoms with Crippen LogP contribution in [0.2, 0.25) is 0 Å². The number of halogens is 1. The molecule has 2 heterocycles. The molecule has 1 fully saturated rings. The fraction of sp³-hybridized carbons (Fsp3) is 0.190. The lowest BCUT2D eigenvalue weighted by Gasteiger charge is -2.14. The monoisotopic (exact) mass is 360 g/mol. The normalized spacial score (nSPS) is 15.5. The zero-order valence-corrected chi connectivity index (χ0v) is 14.5. The van der Waals surface area contributed by atoms with E-state index >= 15 is 0 Å². The summed E-state index contributed by atoms with van der Waals surface area (Å²) >= 11 is 0. The number of nitrogens with zero attached hydrogens (tertiary/aromatic N) is 3. The number of amides is 1. The van der Waals surface area contributed by atoms with E-state index in [0.29, 0.717) is 22.9 Å². The van der Waals surface area contributed by atoms with Gasteiger partial charge in [-0.3, -0.25) is 14.4 Å². The van der Waals surface area contributed by atoms with Crippen molar-refractivity contribution >= 4 is 11.6 Å². The summed E-state index contributed by atoms with van der Waals surface area (Å²) in [5.74, 6) is -0.354. The SMILES string of the molecule is NC(=O)c1ncn2c1CN=C(c1ccccc1F)c1cc(C3CC3)ccc1-2. The van der Waals surface area contributed by atoms with Crippen LogP contribution in [0.25, 0.3) is 5.69 Å². The molecule has 5 nitrogen and oxygen atoms in total. The molecule has 6 heteroatoms. The molecule has 2 N–H and O–H groups in total. The average molecular weight is 360 g/mol. The van der Waals surface area contributed by atoms with Crippen LogP contribution >= 0.6 is 0 Å². The Morgan fingerprint density at radius 2 is 1.96 bits per heavy atom. The minimum absolute atomic E-state index is 0.200. The van der Waals surface area contributed by atoms with Gasteiger partial charge in [0.25, 0.3) is 5.91 Å². The van der Waals surface area contributed by atoms with Crippen molar-refractivity contribution < 1.29 is 9.18 Å². The van der Waals surface area contributed by atoms with Crippen molar-refractivity contribution in [3.63, 3.8) is 0 Å². The Morgan fingerprint density at radius 1 is 1.15 bits per heavy atom. The number of fused-ring (bicyclic) bond motifs is 3. The van der Waals surface area contributed by atoms with E-state index in [1.807, 2.05) is 10.6 Å². The van der Waals surface area contributed by atoms with E-state index in [4.69, 9.17) is 5.73 Å². The molecular weight excluding hydrogens is 343 g/mol. The van der Waals surface area contributed by atoms with Crippen LogP contribution in [-0.4, -0.2) is 21.2 Å². The van der Waals surface area contributed by atoms with E-state index in [9.17, 15) is 9.18 Å². The second kappa shape index (κ2) is 5.87. The van der Waals surface area contributed by atoms with Crippen LogP contribution in [0.15, 0.2) is 53.8 Å². The maximum atomic E-state index is 14.6. The largest absolute Gasteiger partial charge is 0.364 e. The highest BCUT2D eigenvalue weighted by Crippen LogP contribution is 2.41. The lowest BCUT2D eigenvalue weighted by molar-refractivity contribution is 0.0995. The molecule has 1 aliphatic carbocycles. The van der Waals surface area contributed by atoms with Gasteiger partial charge in [0, 0.05) is 11.1 Å². The minimum Gasteiger partial charge on any atom is -0.364 e. The van der Waals surface area contributed by atoms with E-state index in [2.05, 4.69) is 22.1 Å². The third kappa shape index (κ3) is 2.56. The van der Waals surface area contributed by atoms with Crippen molar-refractivity contribution in [1.82, 2.24) is 9.55 Å². The van der Waals surface area contributed by atoms with E-state index in [-0.39, 0.29) is 18.1 Å². The van der Waals surface area contributed by atoms with Gasteiger partial charge in [-0.2, -0.15) is 0 Å². The highest BCUT2D eigenvalue weighted by Gasteiger charge is 2.28. The summed E-state index contributed by atoms with van der Waals surface area (Å²) in [4.78, 5) is 20.6. The lowest BCUT2D eigenvalue weighted by atomic mass is 9.96. The maximum absolute atomic E-state index is 14.6. The molecule has 134 valence electrons. The van der Waals surface area contributed by atoms with Crippen LogP contribution in [0.3, 0.4) is 0 Å². The second-order valence-electron chi connectivity index (χ2n) is 6.97. The Bertz CT molecular complexity index is 1110. The van der Waals surface area contributed by atoms with Crippen molar-refractivity contribution in [1.29, 1.82) is 0 Å². The van der Waals surface area contributed by atoms with Crippen LogP contribution in [0, 0.1) is 5.82 Å². The highest BCUT2D eigenvalue weighted by atomic mass is 19.1. The number of nitrogens with two attached hydrogens (primary N) is 1. The zero-order chi connectivity index (χ0) is 18.5. The molecule has 1 saturated carbocycles. The van der Waals surface area contributed by atoms with Gasteiger partial charge in [-0.25, -0.2) is 9.37 Å². The van der Waals surface area contributed by atoms with Crippen molar-refractivity contribution in [2.24, 2.45) is 10.7 Å². The number of benzene rings is 2. The van der Waals surface area contributed by atoms with E-state index in [1.165, 1.54) is 24.5 Å². The fourth-order valence-corrected chi connectivity index (χ4v) is 3.68. The van der Waals surface area contributed by atoms with Gasteiger partial charge in [-0.15, -0.1) is 0 Å². The predicted molar refractivity (Wildman–Crippen MR) is 99.8 cm³/mol. The summed E-state index contributed by atoms with van der Waals surface area (Å²) < 4.78 is 16.4. The van der Waals surface area contributed by atoms with E-state index < -0.39 is 5.91 Å². The molecular formula is C21H17FN4O. The molecule has 1 aliphatic heterocycles. The van der Waals surface area contributed by atoms with Gasteiger partial charge in [0.05, 0.1) is 23.6 Å². The standard InChI is InChI=1S/C21H17FN4O/c22-16-4-2-1-3-14(16)19-15-9-13(12-5-6-12)7-8-17(15)26-11-25-20(21(23)27)18(26)10-24-19/h1-4,7-9,11-12H,5-6,10H2,(H2,23,27). The van der Waals surface area contributed by atoms with Crippen LogP contribution in [0.1, 0.15) is 51.6 Å². The molecule has 1 amide bonds. The Labute approximate surface area is 155 Å². The molecule has 0 saturated heterocycles. The van der Waals surface area contributed by atoms with Crippen molar-refractivity contribution in [2.75, 3.05) is 0 Å². The molecule has 0 bridgehead atoms. The Hall–Kier alpha value is -3.28. The number of hydrogen-bond acceptors (Lipinski definition) is 3. The summed E-state index contributed by atoms with van der Waals surface area (Å²) in [6.07, 6.45) is 3.94. The Kier molecular flexibility index (Phi) is 3.47. The first-order chi connectivity index (χ1) is 13.1. The molecule has 0 spiro atoms. The van der Waals surface area contributed by atoms with Crippen LogP contribution in [0.5, 0.6) is 0 Å². The predicted octanol–water partition coefficient (Wildman–Crippen LogP) is 3.34. The van der Waals surface area contributed by atoms with Gasteiger partial charge in [-0.05, 0) is 48.6 Å². The van der Waals surface area contributed by atoms with Gasteiger partial charge in [0.1, 0.15) is 12.1 Å². The second-order valence-corrected chi connectivity index (χ2v) is 6.97. The van der Waals surface area contributed by atoms with E-state index in [1.54, 1.807) is 24.5 Å². The van der Waals surface area contributed by atoms with Crippen molar-refractivity contribution in [2.45, 2.75) is 25.3 Å². The molecule has 2 aliphatic rings. The zero-order valence-electron chi connectivity index (χ0n) is 14.5. The van der Waals surface area contributed by atoms with Gasteiger partial charge < -0.3 is 5.73 Å². The highest BCUT2D eigenvalue weighted by molar-refractivity contribution is 6.15. The summed E-state index contributed by atoms with van der Waals surface area (Å²) in [5, 5.41) is 0. The fourth-order valence-electron chi connectivity index (χ4n) is 3.68. The molecule has 0 unspecified atom stereocenters. The number of aromatic nitrogens is 2. The first kappa shape index (κ1) is 15.9. The van der Waals surface area contributed by atoms with Crippen molar-refractivity contribution in [3.8, 4) is 5.69 Å². The van der Waals surface area contributed by atoms with Gasteiger partial charge in [-0.1, -0.05) is 18.2 Å². The molecule has 5 rings (SSSR count). The number of carbonyl (C=O) groups is 1. The molecule has 0 atom stereocenters. The number of carbonyl (C=O) groups excluding carboxylic acids is 1. The number of primary amides is 1. The Morgan fingerprint density at radius 3 is 2.70 bits per heavy atom. The third-order valence-electron chi connectivity index (χ3n) is 5.20. The van der Waals surface area contributed by atoms with Crippen molar-refractivity contribution in [3.05, 3.63) is 82.7 Å². The van der Waals surface area contributed by atoms with Crippen LogP contribution in [0.4, 0.5) is 4.39 Å². The Balaban J connectivity index is 1.77. The van der Waals surface area contributed by atoms with Gasteiger partial charge in [0.15, 0.2) is 5.69 Å². The van der Waals surface area contributed by atoms with Gasteiger partial charge >= 0.3 is 0 Å². The third-order valence-corrected chi connectivity index (χ3v) is 5.20. The molecule has 27 heavy (non-hydrogen) atoms. The van der Waals surface area contributed by atoms with Crippen LogP contribution in [-0.2, 0) is 6.54 Å². The van der Waals surface area contributed by atoms with Crippen LogP contribution < -0.4 is 5.73 Å². The molecule has 1 aromatic heterocycles. The first-order valence-electron chi connectivity index (χ1n) is 8.93. The molecule has 0 radical (unpaired) electrons. The lowest BCUT2D eigenvalue weighted by Crippen LogP contribution is -2.14. The number of hydrogen-bond donors (Lipinski definition) is 1. The summed E-state index contributed by atoms with van der Waals surface area (Å²) in [5.41, 5.74) is 10.2. The smallest absolute Gasteiger partial charge is 0.269 e. The van der Waals surface area contributed by atoms with Gasteiger partial charge in [0.2, 0.25) is 0 Å². The quantitative estimate of drug-likeness (QED) is 0.778. The minimum atomic E-state index is -0.593. The van der Waals surface area contributed by atoms with E-state index in [0.717, 1.165) is 11.3 Å². The first-order valence-corrected chi connectivity index (χ1v) is 8.93. The number of rotatable bonds is 3. The number of aliphatic imine (C=N–C) groups is 1. The summed E-state index contributed by atoms with van der Waals surface area (Å²) in [6, 6.07) is 12.8. The maximum Gasteiger partial charge on any atom is 0.269 e. The summed E-state index contributed by atoms with van der Waals surface area (Å²) in [7, 11) is 0. The number of imidazole rings is 1. The summed E-state index contributed by atoms with van der Waals surface area (Å²) in [6.45, 7) is 0.204.